The summed E-state index contributed by atoms with van der Waals surface area (Å²) in [7, 11) is 0. The number of hydrogen-bond acceptors (Lipinski definition) is 2. The number of aromatic hydroxyl groups is 1. The maximum atomic E-state index is 8.83. The third kappa shape index (κ3) is 1.24. The summed E-state index contributed by atoms with van der Waals surface area (Å²) in [6.45, 7) is 0. The Morgan fingerprint density at radius 3 is 2.50 bits per heavy atom. The van der Waals surface area contributed by atoms with Crippen LogP contribution in [0.5, 0.6) is 5.88 Å². The molecule has 0 saturated carbocycles. The summed E-state index contributed by atoms with van der Waals surface area (Å²) in [5.41, 5.74) is 0. The number of aromatic nitrogens is 2. The zero-order valence-electron chi connectivity index (χ0n) is 3.67. The molecule has 1 aromatic rings. The zero-order chi connectivity index (χ0) is 6.15. The van der Waals surface area contributed by atoms with E-state index in [1.807, 2.05) is 45.5 Å². The van der Waals surface area contributed by atoms with Gasteiger partial charge in [-0.15, -0.1) is 0 Å². The molecule has 0 bridgehead atoms. The molecule has 1 heterocycles. The lowest BCUT2D eigenvalue weighted by molar-refractivity contribution is 0.449. The van der Waals surface area contributed by atoms with Gasteiger partial charge in [-0.05, 0) is 22.6 Å². The molecule has 0 aliphatic heterocycles. The smallest absolute Gasteiger partial charge is 0.219 e. The van der Waals surface area contributed by atoms with Gasteiger partial charge in [-0.3, -0.25) is 0 Å². The minimum atomic E-state index is 0.190. The number of nitrogens with zero attached hydrogens (tertiary/aromatic N) is 2. The van der Waals surface area contributed by atoms with Gasteiger partial charge < -0.3 is 5.11 Å². The van der Waals surface area contributed by atoms with E-state index in [1.54, 1.807) is 6.07 Å². The van der Waals surface area contributed by atoms with Gasteiger partial charge in [0, 0.05) is 6.07 Å². The standard InChI is InChI=1S/C3H2I2N2O/c4-2-1-3(8)7(5)6-2/h1,8H. The third-order valence-corrected chi connectivity index (χ3v) is 1.86. The molecule has 5 heteroatoms. The summed E-state index contributed by atoms with van der Waals surface area (Å²) >= 11 is 3.93. The second-order valence-corrected chi connectivity index (χ2v) is 3.20. The van der Waals surface area contributed by atoms with E-state index in [9.17, 15) is 0 Å². The largest absolute Gasteiger partial charge is 0.493 e. The van der Waals surface area contributed by atoms with Crippen molar-refractivity contribution in [3.8, 4) is 5.88 Å². The van der Waals surface area contributed by atoms with Crippen molar-refractivity contribution in [3.05, 3.63) is 9.77 Å². The molecule has 0 radical (unpaired) electrons. The van der Waals surface area contributed by atoms with Crippen molar-refractivity contribution in [2.75, 3.05) is 0 Å². The summed E-state index contributed by atoms with van der Waals surface area (Å²) in [5, 5.41) is 12.7. The first-order chi connectivity index (χ1) is 3.70. The van der Waals surface area contributed by atoms with Crippen LogP contribution in [0.4, 0.5) is 0 Å². The lowest BCUT2D eigenvalue weighted by Crippen LogP contribution is -1.78. The van der Waals surface area contributed by atoms with Crippen molar-refractivity contribution in [2.24, 2.45) is 0 Å². The fourth-order valence-corrected chi connectivity index (χ4v) is 1.60. The van der Waals surface area contributed by atoms with Crippen molar-refractivity contribution in [1.82, 2.24) is 7.99 Å². The molecule has 8 heavy (non-hydrogen) atoms. The second kappa shape index (κ2) is 2.38. The van der Waals surface area contributed by atoms with E-state index in [2.05, 4.69) is 5.10 Å². The van der Waals surface area contributed by atoms with Crippen molar-refractivity contribution in [1.29, 1.82) is 0 Å². The maximum Gasteiger partial charge on any atom is 0.219 e. The first kappa shape index (κ1) is 6.59. The molecular weight excluding hydrogens is 334 g/mol. The third-order valence-electron chi connectivity index (χ3n) is 0.621. The van der Waals surface area contributed by atoms with Crippen LogP contribution in [0.1, 0.15) is 0 Å². The van der Waals surface area contributed by atoms with E-state index in [0.717, 1.165) is 3.70 Å². The van der Waals surface area contributed by atoms with Crippen LogP contribution in [0, 0.1) is 3.70 Å². The predicted molar refractivity (Wildman–Crippen MR) is 46.0 cm³/mol. The number of hydrogen-bond donors (Lipinski definition) is 1. The molecule has 0 spiro atoms. The normalized spacial score (nSPS) is 9.75. The van der Waals surface area contributed by atoms with Crippen LogP contribution < -0.4 is 0 Å². The van der Waals surface area contributed by atoms with Gasteiger partial charge in [0.05, 0.1) is 22.9 Å². The van der Waals surface area contributed by atoms with Crippen LogP contribution >= 0.6 is 45.5 Å². The molecule has 0 amide bonds. The van der Waals surface area contributed by atoms with E-state index >= 15 is 0 Å². The highest BCUT2D eigenvalue weighted by molar-refractivity contribution is 14.1. The zero-order valence-corrected chi connectivity index (χ0v) is 7.99. The number of halogens is 2. The highest BCUT2D eigenvalue weighted by Crippen LogP contribution is 2.14. The molecule has 1 N–H and O–H groups in total. The fraction of sp³-hybridized carbons (Fsp3) is 0. The molecule has 1 rings (SSSR count). The molecule has 0 aliphatic carbocycles. The van der Waals surface area contributed by atoms with Gasteiger partial charge >= 0.3 is 0 Å². The molecule has 0 unspecified atom stereocenters. The Kier molecular flexibility index (Phi) is 1.96. The quantitative estimate of drug-likeness (QED) is 0.728. The van der Waals surface area contributed by atoms with Crippen LogP contribution in [0.2, 0.25) is 0 Å². The second-order valence-electron chi connectivity index (χ2n) is 1.19. The van der Waals surface area contributed by atoms with Gasteiger partial charge in [0.15, 0.2) is 0 Å². The molecule has 44 valence electrons. The van der Waals surface area contributed by atoms with E-state index in [0.29, 0.717) is 0 Å². The van der Waals surface area contributed by atoms with Gasteiger partial charge in [-0.25, -0.2) is 0 Å². The van der Waals surface area contributed by atoms with Gasteiger partial charge in [-0.1, -0.05) is 0 Å². The van der Waals surface area contributed by atoms with Crippen LogP contribution in [0.25, 0.3) is 0 Å². The van der Waals surface area contributed by atoms with Crippen LogP contribution in [0.15, 0.2) is 6.07 Å². The van der Waals surface area contributed by atoms with Crippen LogP contribution in [0.3, 0.4) is 0 Å². The number of rotatable bonds is 0. The molecule has 0 fully saturated rings. The summed E-state index contributed by atoms with van der Waals surface area (Å²) < 4.78 is 2.19. The maximum absolute atomic E-state index is 8.83. The summed E-state index contributed by atoms with van der Waals surface area (Å²) in [4.78, 5) is 0. The van der Waals surface area contributed by atoms with Gasteiger partial charge in [-0.2, -0.15) is 7.99 Å². The average molecular weight is 336 g/mol. The lowest BCUT2D eigenvalue weighted by Gasteiger charge is -1.82. The molecule has 0 aromatic carbocycles. The highest BCUT2D eigenvalue weighted by Gasteiger charge is 1.97. The Balaban J connectivity index is 3.14. The topological polar surface area (TPSA) is 38.1 Å². The SMILES string of the molecule is Oc1cc(I)nn1I. The minimum absolute atomic E-state index is 0.190. The van der Waals surface area contributed by atoms with Crippen molar-refractivity contribution in [2.45, 2.75) is 0 Å². The van der Waals surface area contributed by atoms with Crippen LogP contribution in [-0.4, -0.2) is 13.1 Å². The van der Waals surface area contributed by atoms with Gasteiger partial charge in [0.25, 0.3) is 0 Å². The summed E-state index contributed by atoms with van der Waals surface area (Å²) in [6.07, 6.45) is 0. The van der Waals surface area contributed by atoms with E-state index in [4.69, 9.17) is 5.11 Å². The Bertz CT molecular complexity index is 178. The Morgan fingerprint density at radius 1 is 1.75 bits per heavy atom. The molecule has 0 atom stereocenters. The van der Waals surface area contributed by atoms with Crippen molar-refractivity contribution >= 4 is 45.5 Å². The highest BCUT2D eigenvalue weighted by atomic mass is 127. The Morgan fingerprint density at radius 2 is 2.38 bits per heavy atom. The molecular formula is C3H2I2N2O. The molecule has 0 aliphatic rings. The van der Waals surface area contributed by atoms with Crippen molar-refractivity contribution in [3.63, 3.8) is 0 Å². The van der Waals surface area contributed by atoms with E-state index in [1.165, 1.54) is 2.90 Å². The fourth-order valence-electron chi connectivity index (χ4n) is 0.324. The van der Waals surface area contributed by atoms with Crippen molar-refractivity contribution < 1.29 is 5.11 Å². The first-order valence-corrected chi connectivity index (χ1v) is 3.85. The van der Waals surface area contributed by atoms with Gasteiger partial charge in [0.1, 0.15) is 3.70 Å². The first-order valence-electron chi connectivity index (χ1n) is 1.81. The van der Waals surface area contributed by atoms with E-state index in [-0.39, 0.29) is 5.88 Å². The monoisotopic (exact) mass is 336 g/mol. The predicted octanol–water partition coefficient (Wildman–Crippen LogP) is 1.39. The Hall–Kier alpha value is 0.470. The Labute approximate surface area is 73.7 Å². The van der Waals surface area contributed by atoms with Gasteiger partial charge in [0.2, 0.25) is 5.88 Å². The van der Waals surface area contributed by atoms with Crippen LogP contribution in [-0.2, 0) is 0 Å². The van der Waals surface area contributed by atoms with E-state index < -0.39 is 0 Å². The summed E-state index contributed by atoms with van der Waals surface area (Å²) in [5.74, 6) is 0.190. The molecule has 3 nitrogen and oxygen atoms in total. The summed E-state index contributed by atoms with van der Waals surface area (Å²) in [6, 6.07) is 1.59. The minimum Gasteiger partial charge on any atom is -0.493 e. The average Bonchev–Trinajstić information content (AvgIpc) is 1.85. The molecule has 1 aromatic heterocycles. The lowest BCUT2D eigenvalue weighted by atomic mass is 10.7. The molecule has 0 saturated heterocycles.